The molecule has 1 aliphatic heterocycles. The number of imide groups is 1. The molecule has 0 aromatic heterocycles. The van der Waals surface area contributed by atoms with Crippen LogP contribution in [0.25, 0.3) is 0 Å². The van der Waals surface area contributed by atoms with Gasteiger partial charge in [0, 0.05) is 5.56 Å². The average Bonchev–Trinajstić information content (AvgIpc) is 2.82. The molecule has 2 N–H and O–H groups in total. The van der Waals surface area contributed by atoms with Gasteiger partial charge in [-0.25, -0.2) is 9.29 Å². The normalized spacial score (nSPS) is 18.0. The number of hydrogen-bond donors (Lipinski definition) is 1. The zero-order valence-corrected chi connectivity index (χ0v) is 11.9. The summed E-state index contributed by atoms with van der Waals surface area (Å²) in [5.41, 5.74) is 1.52. The number of carbonyl (C=O) groups is 2. The van der Waals surface area contributed by atoms with E-state index < -0.39 is 11.9 Å². The summed E-state index contributed by atoms with van der Waals surface area (Å²) < 4.78 is 13.0. The number of rotatable bonds is 4. The molecule has 22 heavy (non-hydrogen) atoms. The second-order valence-electron chi connectivity index (χ2n) is 5.28. The van der Waals surface area contributed by atoms with Crippen molar-refractivity contribution >= 4 is 17.5 Å². The molecule has 0 radical (unpaired) electrons. The van der Waals surface area contributed by atoms with Gasteiger partial charge in [-0.3, -0.25) is 9.59 Å². The van der Waals surface area contributed by atoms with E-state index >= 15 is 0 Å². The number of hydrogen-bond acceptors (Lipinski definition) is 2. The fourth-order valence-corrected chi connectivity index (χ4v) is 2.59. The molecule has 1 heterocycles. The number of benzene rings is 2. The van der Waals surface area contributed by atoms with Crippen LogP contribution < -0.4 is 10.2 Å². The molecule has 0 unspecified atom stereocenters. The number of carbonyl (C=O) groups excluding carboxylic acids is 2. The van der Waals surface area contributed by atoms with Gasteiger partial charge in [0.2, 0.25) is 5.91 Å². The molecule has 5 heteroatoms. The Morgan fingerprint density at radius 1 is 1.05 bits per heavy atom. The Morgan fingerprint density at radius 3 is 2.41 bits per heavy atom. The minimum atomic E-state index is -0.419. The van der Waals surface area contributed by atoms with E-state index in [4.69, 9.17) is 0 Å². The van der Waals surface area contributed by atoms with Crippen molar-refractivity contribution in [1.82, 2.24) is 0 Å². The van der Waals surface area contributed by atoms with Crippen molar-refractivity contribution < 1.29 is 19.3 Å². The van der Waals surface area contributed by atoms with Crippen LogP contribution in [0.5, 0.6) is 0 Å². The molecule has 1 aliphatic rings. The first-order valence-corrected chi connectivity index (χ1v) is 7.15. The lowest BCUT2D eigenvalue weighted by atomic mass is 10.2. The highest BCUT2D eigenvalue weighted by atomic mass is 19.1. The van der Waals surface area contributed by atoms with Gasteiger partial charge in [-0.15, -0.1) is 0 Å². The van der Waals surface area contributed by atoms with E-state index in [9.17, 15) is 14.0 Å². The molecule has 1 fully saturated rings. The maximum absolute atomic E-state index is 13.0. The number of amides is 2. The summed E-state index contributed by atoms with van der Waals surface area (Å²) in [7, 11) is 0. The molecule has 4 nitrogen and oxygen atoms in total. The molecule has 2 aromatic carbocycles. The smallest absolute Gasteiger partial charge is 0.292 e. The summed E-state index contributed by atoms with van der Waals surface area (Å²) in [5.74, 6) is -0.881. The van der Waals surface area contributed by atoms with Crippen LogP contribution in [-0.4, -0.2) is 17.9 Å². The van der Waals surface area contributed by atoms with Gasteiger partial charge in [-0.2, -0.15) is 0 Å². The van der Waals surface area contributed by atoms with Crippen LogP contribution in [0.15, 0.2) is 54.6 Å². The molecule has 0 saturated carbocycles. The highest BCUT2D eigenvalue weighted by molar-refractivity contribution is 6.21. The van der Waals surface area contributed by atoms with Crippen molar-refractivity contribution in [2.75, 3.05) is 4.90 Å². The van der Waals surface area contributed by atoms with Crippen LogP contribution in [0.3, 0.4) is 0 Å². The number of nitrogens with zero attached hydrogens (tertiary/aromatic N) is 1. The lowest BCUT2D eigenvalue weighted by molar-refractivity contribution is -0.690. The first-order valence-electron chi connectivity index (χ1n) is 7.15. The van der Waals surface area contributed by atoms with Gasteiger partial charge in [0.1, 0.15) is 12.4 Å². The van der Waals surface area contributed by atoms with Crippen molar-refractivity contribution in [2.45, 2.75) is 19.0 Å². The first-order chi connectivity index (χ1) is 10.6. The Hall–Kier alpha value is -2.53. The topological polar surface area (TPSA) is 54.0 Å². The third kappa shape index (κ3) is 2.89. The maximum Gasteiger partial charge on any atom is 0.292 e. The maximum atomic E-state index is 13.0. The summed E-state index contributed by atoms with van der Waals surface area (Å²) in [6, 6.07) is 14.8. The van der Waals surface area contributed by atoms with E-state index in [1.807, 2.05) is 35.6 Å². The highest BCUT2D eigenvalue weighted by Crippen LogP contribution is 2.21. The Morgan fingerprint density at radius 2 is 1.73 bits per heavy atom. The molecule has 1 saturated heterocycles. The SMILES string of the molecule is O=C1C[C@H]([NH2+]Cc2ccccc2)C(=O)N1c1ccc(F)cc1. The van der Waals surface area contributed by atoms with Crippen LogP contribution in [0.2, 0.25) is 0 Å². The van der Waals surface area contributed by atoms with Gasteiger partial charge < -0.3 is 5.32 Å². The second kappa shape index (κ2) is 6.07. The molecule has 0 bridgehead atoms. The zero-order valence-electron chi connectivity index (χ0n) is 11.9. The third-order valence-corrected chi connectivity index (χ3v) is 3.75. The molecular weight excluding hydrogens is 283 g/mol. The molecule has 0 spiro atoms. The lowest BCUT2D eigenvalue weighted by Gasteiger charge is -2.14. The summed E-state index contributed by atoms with van der Waals surface area (Å²) in [6.45, 7) is 0.641. The Bertz CT molecular complexity index is 686. The Kier molecular flexibility index (Phi) is 3.98. The summed E-state index contributed by atoms with van der Waals surface area (Å²) in [4.78, 5) is 25.6. The minimum absolute atomic E-state index is 0.170. The summed E-state index contributed by atoms with van der Waals surface area (Å²) >= 11 is 0. The first kappa shape index (κ1) is 14.4. The number of quaternary nitrogens is 1. The van der Waals surface area contributed by atoms with Gasteiger partial charge in [0.15, 0.2) is 6.04 Å². The zero-order chi connectivity index (χ0) is 15.5. The van der Waals surface area contributed by atoms with Crippen LogP contribution in [0.4, 0.5) is 10.1 Å². The van der Waals surface area contributed by atoms with Crippen molar-refractivity contribution in [3.05, 3.63) is 66.0 Å². The minimum Gasteiger partial charge on any atom is -0.332 e. The van der Waals surface area contributed by atoms with Gasteiger partial charge in [-0.05, 0) is 24.3 Å². The Balaban J connectivity index is 1.70. The van der Waals surface area contributed by atoms with E-state index in [1.165, 1.54) is 24.3 Å². The molecule has 3 rings (SSSR count). The second-order valence-corrected chi connectivity index (χ2v) is 5.28. The van der Waals surface area contributed by atoms with E-state index in [-0.39, 0.29) is 18.2 Å². The van der Waals surface area contributed by atoms with Crippen molar-refractivity contribution in [2.24, 2.45) is 0 Å². The largest absolute Gasteiger partial charge is 0.332 e. The van der Waals surface area contributed by atoms with Crippen molar-refractivity contribution in [1.29, 1.82) is 0 Å². The highest BCUT2D eigenvalue weighted by Gasteiger charge is 2.42. The van der Waals surface area contributed by atoms with Crippen LogP contribution in [0.1, 0.15) is 12.0 Å². The predicted octanol–water partition coefficient (Wildman–Crippen LogP) is 1.22. The van der Waals surface area contributed by atoms with E-state index in [1.54, 1.807) is 0 Å². The summed E-state index contributed by atoms with van der Waals surface area (Å²) in [6.07, 6.45) is 0.170. The Labute approximate surface area is 127 Å². The molecule has 2 amide bonds. The molecule has 112 valence electrons. The quantitative estimate of drug-likeness (QED) is 0.863. The number of anilines is 1. The van der Waals surface area contributed by atoms with Crippen molar-refractivity contribution in [3.63, 3.8) is 0 Å². The van der Waals surface area contributed by atoms with E-state index in [2.05, 4.69) is 0 Å². The number of halogens is 1. The number of nitrogens with two attached hydrogens (primary N) is 1. The monoisotopic (exact) mass is 299 g/mol. The van der Waals surface area contributed by atoms with Gasteiger partial charge in [0.05, 0.1) is 12.1 Å². The molecule has 1 atom stereocenters. The van der Waals surface area contributed by atoms with E-state index in [0.717, 1.165) is 10.5 Å². The fourth-order valence-electron chi connectivity index (χ4n) is 2.59. The van der Waals surface area contributed by atoms with Gasteiger partial charge in [-0.1, -0.05) is 30.3 Å². The molecule has 2 aromatic rings. The fraction of sp³-hybridized carbons (Fsp3) is 0.176. The standard InChI is InChI=1S/C17H15FN2O2/c18-13-6-8-14(9-7-13)20-16(21)10-15(17(20)22)19-11-12-4-2-1-3-5-12/h1-9,15,19H,10-11H2/p+1/t15-/m0/s1. The molecule has 0 aliphatic carbocycles. The third-order valence-electron chi connectivity index (χ3n) is 3.75. The van der Waals surface area contributed by atoms with Gasteiger partial charge >= 0.3 is 0 Å². The summed E-state index contributed by atoms with van der Waals surface area (Å²) in [5, 5.41) is 1.87. The van der Waals surface area contributed by atoms with Crippen LogP contribution in [0, 0.1) is 5.82 Å². The molecular formula is C17H16FN2O2+. The van der Waals surface area contributed by atoms with E-state index in [0.29, 0.717) is 12.2 Å². The van der Waals surface area contributed by atoms with Crippen LogP contribution >= 0.6 is 0 Å². The lowest BCUT2D eigenvalue weighted by Crippen LogP contribution is -2.90. The average molecular weight is 299 g/mol. The van der Waals surface area contributed by atoms with Crippen LogP contribution in [-0.2, 0) is 16.1 Å². The predicted molar refractivity (Wildman–Crippen MR) is 79.4 cm³/mol. The van der Waals surface area contributed by atoms with Gasteiger partial charge in [0.25, 0.3) is 5.91 Å². The van der Waals surface area contributed by atoms with Crippen molar-refractivity contribution in [3.8, 4) is 0 Å².